The number of fused-ring (bicyclic) bond motifs is 1. The number of aromatic nitrogens is 1. The number of nitrogens with zero attached hydrogens (tertiary/aromatic N) is 1. The van der Waals surface area contributed by atoms with Crippen LogP contribution in [0, 0.1) is 0 Å². The van der Waals surface area contributed by atoms with Gasteiger partial charge in [-0.2, -0.15) is 0 Å². The molecule has 0 saturated heterocycles. The van der Waals surface area contributed by atoms with Crippen molar-refractivity contribution in [3.63, 3.8) is 0 Å². The second-order valence-corrected chi connectivity index (χ2v) is 4.69. The maximum absolute atomic E-state index is 11.9. The Bertz CT molecular complexity index is 703. The van der Waals surface area contributed by atoms with Gasteiger partial charge in [0.2, 0.25) is 5.75 Å². The van der Waals surface area contributed by atoms with E-state index in [1.807, 2.05) is 6.07 Å². The molecule has 0 bridgehead atoms. The lowest BCUT2D eigenvalue weighted by Crippen LogP contribution is -2.03. The fraction of sp³-hybridized carbons (Fsp3) is 0.250. The summed E-state index contributed by atoms with van der Waals surface area (Å²) in [6, 6.07) is 7.12. The summed E-state index contributed by atoms with van der Waals surface area (Å²) in [5.41, 5.74) is 1.79. The average molecular weight is 301 g/mol. The summed E-state index contributed by atoms with van der Waals surface area (Å²) in [7, 11) is 4.61. The average Bonchev–Trinajstić information content (AvgIpc) is 2.90. The van der Waals surface area contributed by atoms with Crippen LogP contribution in [-0.2, 0) is 4.74 Å². The number of hydrogen-bond acceptors (Lipinski definition) is 6. The lowest BCUT2D eigenvalue weighted by atomic mass is 10.0. The second-order valence-electron chi connectivity index (χ2n) is 4.69. The molecule has 1 unspecified atom stereocenters. The highest BCUT2D eigenvalue weighted by atomic mass is 16.6. The van der Waals surface area contributed by atoms with Crippen LogP contribution in [0.25, 0.3) is 0 Å². The van der Waals surface area contributed by atoms with Crippen molar-refractivity contribution < 1.29 is 23.7 Å². The molecule has 0 amide bonds. The molecule has 22 heavy (non-hydrogen) atoms. The van der Waals surface area contributed by atoms with Crippen LogP contribution >= 0.6 is 0 Å². The fourth-order valence-electron chi connectivity index (χ4n) is 2.53. The lowest BCUT2D eigenvalue weighted by molar-refractivity contribution is 0.0451. The SMILES string of the molecule is COc1cc(C2OC(=O)c3ncccc32)cc(OC)c1OC. The molecule has 6 nitrogen and oxygen atoms in total. The number of pyridine rings is 1. The number of ether oxygens (including phenoxy) is 4. The van der Waals surface area contributed by atoms with E-state index in [0.717, 1.165) is 11.1 Å². The molecule has 1 aliphatic heterocycles. The number of hydrogen-bond donors (Lipinski definition) is 0. The first-order chi connectivity index (χ1) is 10.7. The summed E-state index contributed by atoms with van der Waals surface area (Å²) in [4.78, 5) is 16.0. The Morgan fingerprint density at radius 3 is 2.36 bits per heavy atom. The van der Waals surface area contributed by atoms with Crippen LogP contribution in [0.4, 0.5) is 0 Å². The normalized spacial score (nSPS) is 16.0. The van der Waals surface area contributed by atoms with Crippen molar-refractivity contribution in [1.29, 1.82) is 0 Å². The highest BCUT2D eigenvalue weighted by Gasteiger charge is 2.34. The number of carbonyl (C=O) groups excluding carboxylic acids is 1. The van der Waals surface area contributed by atoms with Crippen molar-refractivity contribution in [2.24, 2.45) is 0 Å². The Morgan fingerprint density at radius 2 is 1.77 bits per heavy atom. The number of esters is 1. The summed E-state index contributed by atoms with van der Waals surface area (Å²) in [5, 5.41) is 0. The minimum absolute atomic E-state index is 0.334. The molecular formula is C16H15NO5. The van der Waals surface area contributed by atoms with E-state index in [0.29, 0.717) is 22.9 Å². The van der Waals surface area contributed by atoms with Crippen molar-refractivity contribution in [1.82, 2.24) is 4.98 Å². The van der Waals surface area contributed by atoms with Crippen LogP contribution in [0.15, 0.2) is 30.5 Å². The van der Waals surface area contributed by atoms with E-state index in [-0.39, 0.29) is 0 Å². The number of cyclic esters (lactones) is 1. The van der Waals surface area contributed by atoms with Gasteiger partial charge in [-0.15, -0.1) is 0 Å². The molecule has 0 aliphatic carbocycles. The van der Waals surface area contributed by atoms with Crippen molar-refractivity contribution in [2.75, 3.05) is 21.3 Å². The smallest absolute Gasteiger partial charge is 0.358 e. The van der Waals surface area contributed by atoms with Crippen molar-refractivity contribution in [2.45, 2.75) is 6.10 Å². The maximum atomic E-state index is 11.9. The zero-order valence-corrected chi connectivity index (χ0v) is 12.5. The summed E-state index contributed by atoms with van der Waals surface area (Å²) in [5.74, 6) is 1.06. The Labute approximate surface area is 127 Å². The van der Waals surface area contributed by atoms with E-state index >= 15 is 0 Å². The third kappa shape index (κ3) is 2.13. The van der Waals surface area contributed by atoms with Crippen LogP contribution in [0.5, 0.6) is 17.2 Å². The highest BCUT2D eigenvalue weighted by molar-refractivity contribution is 5.92. The van der Waals surface area contributed by atoms with Gasteiger partial charge < -0.3 is 18.9 Å². The van der Waals surface area contributed by atoms with Crippen LogP contribution in [-0.4, -0.2) is 32.3 Å². The Hall–Kier alpha value is -2.76. The summed E-state index contributed by atoms with van der Waals surface area (Å²) in [6.07, 6.45) is 1.03. The van der Waals surface area contributed by atoms with Gasteiger partial charge in [0.05, 0.1) is 21.3 Å². The summed E-state index contributed by atoms with van der Waals surface area (Å²) in [6.45, 7) is 0. The number of carbonyl (C=O) groups is 1. The molecule has 3 rings (SSSR count). The van der Waals surface area contributed by atoms with E-state index in [2.05, 4.69) is 4.98 Å². The highest BCUT2D eigenvalue weighted by Crippen LogP contribution is 2.43. The zero-order valence-electron chi connectivity index (χ0n) is 12.5. The van der Waals surface area contributed by atoms with E-state index in [4.69, 9.17) is 18.9 Å². The third-order valence-corrected chi connectivity index (χ3v) is 3.53. The molecule has 1 aromatic carbocycles. The van der Waals surface area contributed by atoms with Crippen molar-refractivity contribution in [3.05, 3.63) is 47.3 Å². The molecule has 1 aliphatic rings. The van der Waals surface area contributed by atoms with Gasteiger partial charge in [0, 0.05) is 17.3 Å². The molecule has 2 heterocycles. The van der Waals surface area contributed by atoms with E-state index in [1.165, 1.54) is 21.3 Å². The predicted octanol–water partition coefficient (Wildman–Crippen LogP) is 2.37. The lowest BCUT2D eigenvalue weighted by Gasteiger charge is -2.17. The Balaban J connectivity index is 2.12. The fourth-order valence-corrected chi connectivity index (χ4v) is 2.53. The molecule has 0 N–H and O–H groups in total. The first kappa shape index (κ1) is 14.2. The van der Waals surface area contributed by atoms with Gasteiger partial charge in [0.1, 0.15) is 0 Å². The monoisotopic (exact) mass is 301 g/mol. The van der Waals surface area contributed by atoms with Crippen molar-refractivity contribution in [3.8, 4) is 17.2 Å². The van der Waals surface area contributed by atoms with Gasteiger partial charge in [-0.05, 0) is 18.2 Å². The first-order valence-electron chi connectivity index (χ1n) is 6.65. The quantitative estimate of drug-likeness (QED) is 0.808. The van der Waals surface area contributed by atoms with E-state index in [1.54, 1.807) is 24.4 Å². The zero-order chi connectivity index (χ0) is 15.7. The van der Waals surface area contributed by atoms with Gasteiger partial charge in [-0.25, -0.2) is 9.78 Å². The first-order valence-corrected chi connectivity index (χ1v) is 6.65. The third-order valence-electron chi connectivity index (χ3n) is 3.53. The molecule has 1 atom stereocenters. The molecule has 1 aromatic heterocycles. The molecule has 0 spiro atoms. The summed E-state index contributed by atoms with van der Waals surface area (Å²) < 4.78 is 21.4. The minimum Gasteiger partial charge on any atom is -0.493 e. The molecule has 0 radical (unpaired) electrons. The van der Waals surface area contributed by atoms with Crippen LogP contribution < -0.4 is 14.2 Å². The van der Waals surface area contributed by atoms with Crippen LogP contribution in [0.1, 0.15) is 27.7 Å². The van der Waals surface area contributed by atoms with Gasteiger partial charge in [0.25, 0.3) is 0 Å². The largest absolute Gasteiger partial charge is 0.493 e. The maximum Gasteiger partial charge on any atom is 0.358 e. The molecule has 0 fully saturated rings. The Morgan fingerprint density at radius 1 is 1.09 bits per heavy atom. The van der Waals surface area contributed by atoms with E-state index in [9.17, 15) is 4.79 Å². The van der Waals surface area contributed by atoms with Crippen LogP contribution in [0.2, 0.25) is 0 Å². The Kier molecular flexibility index (Phi) is 3.58. The van der Waals surface area contributed by atoms with Crippen molar-refractivity contribution >= 4 is 5.97 Å². The summed E-state index contributed by atoms with van der Waals surface area (Å²) >= 11 is 0. The van der Waals surface area contributed by atoms with Gasteiger partial charge in [-0.1, -0.05) is 6.07 Å². The molecule has 114 valence electrons. The predicted molar refractivity (Wildman–Crippen MR) is 77.6 cm³/mol. The van der Waals surface area contributed by atoms with Crippen LogP contribution in [0.3, 0.4) is 0 Å². The van der Waals surface area contributed by atoms with E-state index < -0.39 is 12.1 Å². The van der Waals surface area contributed by atoms with Gasteiger partial charge >= 0.3 is 5.97 Å². The topological polar surface area (TPSA) is 66.9 Å². The molecule has 6 heteroatoms. The standard InChI is InChI=1S/C16H15NO5/c1-19-11-7-9(8-12(20-2)15(11)21-3)14-10-5-4-6-17-13(10)16(18)22-14/h4-8,14H,1-3H3. The second kappa shape index (κ2) is 5.55. The molecule has 2 aromatic rings. The van der Waals surface area contributed by atoms with Gasteiger partial charge in [0.15, 0.2) is 23.3 Å². The molecular weight excluding hydrogens is 286 g/mol. The number of methoxy groups -OCH3 is 3. The number of rotatable bonds is 4. The molecule has 0 saturated carbocycles. The number of benzene rings is 1. The minimum atomic E-state index is -0.537. The van der Waals surface area contributed by atoms with Gasteiger partial charge in [-0.3, -0.25) is 0 Å².